The van der Waals surface area contributed by atoms with E-state index >= 15 is 0 Å². The maximum atomic E-state index is 9.67. The van der Waals surface area contributed by atoms with Crippen molar-refractivity contribution in [2.24, 2.45) is 5.73 Å². The lowest BCUT2D eigenvalue weighted by atomic mass is 10.1. The van der Waals surface area contributed by atoms with Gasteiger partial charge in [0.15, 0.2) is 11.5 Å². The quantitative estimate of drug-likeness (QED) is 0.480. The van der Waals surface area contributed by atoms with Crippen LogP contribution in [0.15, 0.2) is 18.1 Å². The van der Waals surface area contributed by atoms with Crippen LogP contribution in [0.25, 0.3) is 0 Å². The molecular weight excluding hydrogens is 158 g/mol. The van der Waals surface area contributed by atoms with Crippen molar-refractivity contribution in [2.75, 3.05) is 6.50 Å². The van der Waals surface area contributed by atoms with Gasteiger partial charge in [0.2, 0.25) is 0 Å². The summed E-state index contributed by atoms with van der Waals surface area (Å²) in [7, 11) is 0. The van der Waals surface area contributed by atoms with Gasteiger partial charge in [-0.05, 0) is 17.6 Å². The molecule has 0 unspecified atom stereocenters. The highest BCUT2D eigenvalue weighted by molar-refractivity contribution is 5.41. The van der Waals surface area contributed by atoms with Gasteiger partial charge in [-0.25, -0.2) is 0 Å². The highest BCUT2D eigenvalue weighted by Crippen LogP contribution is 2.27. The van der Waals surface area contributed by atoms with E-state index in [9.17, 15) is 15.3 Å². The molecular formula is C8H11NO3. The van der Waals surface area contributed by atoms with Crippen molar-refractivity contribution in [1.29, 1.82) is 0 Å². The van der Waals surface area contributed by atoms with Crippen LogP contribution in [-0.2, 0) is 0 Å². The van der Waals surface area contributed by atoms with E-state index in [0.717, 1.165) is 0 Å². The summed E-state index contributed by atoms with van der Waals surface area (Å²) in [6.07, 6.45) is -3.22. The van der Waals surface area contributed by atoms with Gasteiger partial charge in [-0.3, -0.25) is 0 Å². The third-order valence-corrected chi connectivity index (χ3v) is 1.15. The van der Waals surface area contributed by atoms with Crippen molar-refractivity contribution in [1.82, 2.24) is 0 Å². The zero-order valence-electron chi connectivity index (χ0n) is 11.9. The highest BCUT2D eigenvalue weighted by atomic mass is 16.3. The molecule has 0 aromatic heterocycles. The monoisotopic (exact) mass is 175 g/mol. The maximum Gasteiger partial charge on any atom is 0.157 e. The zero-order chi connectivity index (χ0) is 14.5. The van der Waals surface area contributed by atoms with E-state index in [0.29, 0.717) is 0 Å². The first-order chi connectivity index (χ1) is 7.93. The molecule has 1 aromatic rings. The lowest BCUT2D eigenvalue weighted by Crippen LogP contribution is -2.11. The molecule has 0 amide bonds. The minimum atomic E-state index is -3.22. The maximum absolute atomic E-state index is 9.67. The SMILES string of the molecule is [2H]c1c([2H])c([C@]([2H])(O)C([2H])([2H])N)c([2H])c(O)c1O. The minimum Gasteiger partial charge on any atom is -0.504 e. The van der Waals surface area contributed by atoms with Crippen LogP contribution in [0, 0.1) is 0 Å². The fraction of sp³-hybridized carbons (Fsp3) is 0.250. The van der Waals surface area contributed by atoms with E-state index in [1.165, 1.54) is 0 Å². The van der Waals surface area contributed by atoms with Gasteiger partial charge in [0.25, 0.3) is 0 Å². The van der Waals surface area contributed by atoms with Crippen LogP contribution in [-0.4, -0.2) is 21.8 Å². The number of aliphatic hydroxyl groups is 1. The molecule has 4 heteroatoms. The molecule has 0 fully saturated rings. The van der Waals surface area contributed by atoms with Crippen molar-refractivity contribution in [3.8, 4) is 11.5 Å². The number of hydrogen-bond donors (Lipinski definition) is 4. The van der Waals surface area contributed by atoms with Gasteiger partial charge in [0, 0.05) is 9.24 Å². The van der Waals surface area contributed by atoms with Gasteiger partial charge in [-0.1, -0.05) is 6.04 Å². The minimum absolute atomic E-state index is 0.937. The van der Waals surface area contributed by atoms with E-state index in [-0.39, 0.29) is 0 Å². The van der Waals surface area contributed by atoms with Crippen molar-refractivity contribution in [3.63, 3.8) is 0 Å². The Morgan fingerprint density at radius 1 is 1.58 bits per heavy atom. The number of hydrogen-bond acceptors (Lipinski definition) is 4. The summed E-state index contributed by atoms with van der Waals surface area (Å²) in [5.41, 5.74) is 3.95. The summed E-state index contributed by atoms with van der Waals surface area (Å²) in [6, 6.07) is -2.92. The molecule has 5 N–H and O–H groups in total. The first-order valence-corrected chi connectivity index (χ1v) is 2.96. The summed E-state index contributed by atoms with van der Waals surface area (Å²) in [5, 5.41) is 28.2. The molecule has 0 aliphatic carbocycles. The normalized spacial score (nSPS) is 23.8. The van der Waals surface area contributed by atoms with Gasteiger partial charge >= 0.3 is 0 Å². The summed E-state index contributed by atoms with van der Waals surface area (Å²) < 4.78 is 43.7. The van der Waals surface area contributed by atoms with Crippen LogP contribution in [0.5, 0.6) is 11.5 Å². The van der Waals surface area contributed by atoms with Crippen molar-refractivity contribution < 1.29 is 23.5 Å². The van der Waals surface area contributed by atoms with Crippen molar-refractivity contribution >= 4 is 0 Å². The van der Waals surface area contributed by atoms with Crippen molar-refractivity contribution in [3.05, 3.63) is 23.7 Å². The van der Waals surface area contributed by atoms with E-state index in [1.807, 2.05) is 0 Å². The van der Waals surface area contributed by atoms with Crippen LogP contribution in [0.4, 0.5) is 0 Å². The first-order valence-electron chi connectivity index (χ1n) is 5.96. The lowest BCUT2D eigenvalue weighted by molar-refractivity contribution is 0.186. The predicted molar refractivity (Wildman–Crippen MR) is 43.8 cm³/mol. The number of benzene rings is 1. The van der Waals surface area contributed by atoms with E-state index in [2.05, 4.69) is 0 Å². The fourth-order valence-corrected chi connectivity index (χ4v) is 0.580. The average Bonchev–Trinajstić information content (AvgIpc) is 2.22. The Bertz CT molecular complexity index is 470. The second-order valence-electron chi connectivity index (χ2n) is 1.94. The standard InChI is InChI=1S/C8H11NO3/c9-4-8(12)5-1-2-6(10)7(11)3-5/h1-3,8,10-12H,4,9H2/t8-/m1/s1/i1D,2D,3D,4D2,8D. The Balaban J connectivity index is 3.72. The van der Waals surface area contributed by atoms with Gasteiger partial charge in [-0.2, -0.15) is 0 Å². The molecule has 0 bridgehead atoms. The Hall–Kier alpha value is -1.26. The molecule has 0 aliphatic rings. The van der Waals surface area contributed by atoms with Gasteiger partial charge in [0.1, 0.15) is 0 Å². The third-order valence-electron chi connectivity index (χ3n) is 1.15. The predicted octanol–water partition coefficient (Wildman–Crippen LogP) is 0.0899. The summed E-state index contributed by atoms with van der Waals surface area (Å²) >= 11 is 0. The number of aromatic hydroxyl groups is 2. The number of rotatable bonds is 2. The van der Waals surface area contributed by atoms with Crippen LogP contribution in [0.2, 0.25) is 0 Å². The summed E-state index contributed by atoms with van der Waals surface area (Å²) in [5.74, 6) is -2.18. The molecule has 0 saturated carbocycles. The molecule has 0 heterocycles. The molecule has 0 aliphatic heterocycles. The molecule has 0 spiro atoms. The number of phenolic OH excluding ortho intramolecular Hbond substituents is 2. The summed E-state index contributed by atoms with van der Waals surface area (Å²) in [6.45, 7) is -3.03. The van der Waals surface area contributed by atoms with E-state index in [1.54, 1.807) is 0 Å². The third kappa shape index (κ3) is 1.66. The molecule has 1 rings (SSSR count). The Morgan fingerprint density at radius 3 is 2.83 bits per heavy atom. The van der Waals surface area contributed by atoms with E-state index in [4.69, 9.17) is 14.0 Å². The van der Waals surface area contributed by atoms with Crippen LogP contribution in [0.1, 0.15) is 19.9 Å². The number of nitrogens with two attached hydrogens (primary N) is 1. The van der Waals surface area contributed by atoms with Crippen LogP contribution >= 0.6 is 0 Å². The largest absolute Gasteiger partial charge is 0.504 e. The van der Waals surface area contributed by atoms with E-state index < -0.39 is 47.8 Å². The van der Waals surface area contributed by atoms with Crippen LogP contribution in [0.3, 0.4) is 0 Å². The van der Waals surface area contributed by atoms with Gasteiger partial charge in [0.05, 0.1) is 11.6 Å². The van der Waals surface area contributed by atoms with Crippen LogP contribution < -0.4 is 5.73 Å². The molecule has 12 heavy (non-hydrogen) atoms. The molecule has 66 valence electrons. The van der Waals surface area contributed by atoms with Gasteiger partial charge in [-0.15, -0.1) is 0 Å². The fourth-order valence-electron chi connectivity index (χ4n) is 0.580. The molecule has 0 saturated heterocycles. The highest BCUT2D eigenvalue weighted by Gasteiger charge is 2.07. The Morgan fingerprint density at radius 2 is 2.25 bits per heavy atom. The topological polar surface area (TPSA) is 86.7 Å². The average molecular weight is 175 g/mol. The zero-order valence-corrected chi connectivity index (χ0v) is 5.92. The Labute approximate surface area is 78.3 Å². The molecule has 0 radical (unpaired) electrons. The second kappa shape index (κ2) is 3.42. The number of phenols is 2. The molecule has 1 aromatic carbocycles. The summed E-state index contributed by atoms with van der Waals surface area (Å²) in [4.78, 5) is 0. The van der Waals surface area contributed by atoms with Crippen molar-refractivity contribution in [2.45, 2.75) is 6.08 Å². The second-order valence-corrected chi connectivity index (χ2v) is 1.94. The lowest BCUT2D eigenvalue weighted by Gasteiger charge is -2.08. The van der Waals surface area contributed by atoms with Gasteiger partial charge < -0.3 is 21.1 Å². The first kappa shape index (κ1) is 3.64. The molecule has 1 atom stereocenters. The Kier molecular flexibility index (Phi) is 1.04. The molecule has 4 nitrogen and oxygen atoms in total. The smallest absolute Gasteiger partial charge is 0.157 e.